The molecule has 0 aromatic heterocycles. The van der Waals surface area contributed by atoms with Crippen molar-refractivity contribution in [2.45, 2.75) is 17.4 Å². The van der Waals surface area contributed by atoms with E-state index in [0.717, 1.165) is 10.6 Å². The molecule has 0 saturated heterocycles. The van der Waals surface area contributed by atoms with Gasteiger partial charge in [0.2, 0.25) is 0 Å². The third-order valence-electron chi connectivity index (χ3n) is 1.66. The molecule has 0 fully saturated rings. The molecule has 3 heteroatoms. The first kappa shape index (κ1) is 11.1. The molecule has 1 nitrogen and oxygen atoms in total. The van der Waals surface area contributed by atoms with E-state index in [9.17, 15) is 4.39 Å². The molecule has 0 bridgehead atoms. The molecule has 0 aliphatic heterocycles. The van der Waals surface area contributed by atoms with Gasteiger partial charge in [0, 0.05) is 23.1 Å². The molecule has 0 spiro atoms. The van der Waals surface area contributed by atoms with Crippen LogP contribution in [0.2, 0.25) is 0 Å². The maximum atomic E-state index is 12.5. The Morgan fingerprint density at radius 1 is 1.43 bits per heavy atom. The van der Waals surface area contributed by atoms with Gasteiger partial charge in [0.15, 0.2) is 0 Å². The van der Waals surface area contributed by atoms with Gasteiger partial charge in [-0.15, -0.1) is 24.1 Å². The van der Waals surface area contributed by atoms with Crippen LogP contribution in [0.1, 0.15) is 6.42 Å². The van der Waals surface area contributed by atoms with Crippen LogP contribution in [-0.4, -0.2) is 11.8 Å². The van der Waals surface area contributed by atoms with E-state index in [1.54, 1.807) is 23.9 Å². The summed E-state index contributed by atoms with van der Waals surface area (Å²) in [5, 5.41) is 0. The fraction of sp³-hybridized carbons (Fsp3) is 0.273. The summed E-state index contributed by atoms with van der Waals surface area (Å²) in [7, 11) is 0. The van der Waals surface area contributed by atoms with E-state index in [4.69, 9.17) is 12.2 Å². The Bertz CT molecular complexity index is 315. The second kappa shape index (κ2) is 5.69. The lowest BCUT2D eigenvalue weighted by Crippen LogP contribution is -2.21. The van der Waals surface area contributed by atoms with Crippen LogP contribution in [0.15, 0.2) is 29.2 Å². The van der Waals surface area contributed by atoms with E-state index in [2.05, 4.69) is 5.92 Å². The Labute approximate surface area is 87.9 Å². The highest BCUT2D eigenvalue weighted by Crippen LogP contribution is 2.18. The Morgan fingerprint density at radius 2 is 2.07 bits per heavy atom. The lowest BCUT2D eigenvalue weighted by molar-refractivity contribution is 0.626. The molecule has 0 aliphatic carbocycles. The number of benzene rings is 1. The summed E-state index contributed by atoms with van der Waals surface area (Å²) in [5.74, 6) is 3.05. The monoisotopic (exact) mass is 209 g/mol. The minimum absolute atomic E-state index is 0.00931. The first-order valence-corrected chi connectivity index (χ1v) is 5.28. The van der Waals surface area contributed by atoms with Crippen molar-refractivity contribution in [3.05, 3.63) is 30.1 Å². The first-order chi connectivity index (χ1) is 6.72. The van der Waals surface area contributed by atoms with Gasteiger partial charge < -0.3 is 5.73 Å². The third-order valence-corrected chi connectivity index (χ3v) is 2.86. The fourth-order valence-corrected chi connectivity index (χ4v) is 1.80. The smallest absolute Gasteiger partial charge is 0.123 e. The zero-order valence-corrected chi connectivity index (χ0v) is 8.56. The molecule has 1 atom stereocenters. The van der Waals surface area contributed by atoms with Gasteiger partial charge in [-0.3, -0.25) is 0 Å². The summed E-state index contributed by atoms with van der Waals surface area (Å²) in [6, 6.07) is 6.37. The summed E-state index contributed by atoms with van der Waals surface area (Å²) in [6.07, 6.45) is 5.71. The largest absolute Gasteiger partial charge is 0.326 e. The van der Waals surface area contributed by atoms with Crippen molar-refractivity contribution >= 4 is 11.8 Å². The van der Waals surface area contributed by atoms with Crippen molar-refractivity contribution in [2.24, 2.45) is 5.73 Å². The van der Waals surface area contributed by atoms with E-state index in [1.807, 2.05) is 0 Å². The van der Waals surface area contributed by atoms with Crippen molar-refractivity contribution in [3.63, 3.8) is 0 Å². The summed E-state index contributed by atoms with van der Waals surface area (Å²) < 4.78 is 12.5. The van der Waals surface area contributed by atoms with Gasteiger partial charge in [0.05, 0.1) is 0 Å². The summed E-state index contributed by atoms with van der Waals surface area (Å²) in [4.78, 5) is 1.01. The maximum Gasteiger partial charge on any atom is 0.123 e. The zero-order chi connectivity index (χ0) is 10.4. The van der Waals surface area contributed by atoms with Crippen molar-refractivity contribution in [3.8, 4) is 12.3 Å². The number of rotatable bonds is 4. The van der Waals surface area contributed by atoms with Gasteiger partial charge in [-0.05, 0) is 24.3 Å². The molecular weight excluding hydrogens is 197 g/mol. The van der Waals surface area contributed by atoms with E-state index in [-0.39, 0.29) is 11.9 Å². The Hall–Kier alpha value is -0.980. The Balaban J connectivity index is 2.39. The standard InChI is InChI=1S/C11H12FNS/c1-2-3-10(13)8-14-11-6-4-9(12)5-7-11/h1,4-7,10H,3,8,13H2. The highest BCUT2D eigenvalue weighted by atomic mass is 32.2. The SMILES string of the molecule is C#CCC(N)CSc1ccc(F)cc1. The zero-order valence-electron chi connectivity index (χ0n) is 7.74. The van der Waals surface area contributed by atoms with Crippen molar-refractivity contribution in [2.75, 3.05) is 5.75 Å². The number of hydrogen-bond donors (Lipinski definition) is 1. The minimum Gasteiger partial charge on any atom is -0.326 e. The number of thioether (sulfide) groups is 1. The topological polar surface area (TPSA) is 26.0 Å². The molecule has 0 saturated carbocycles. The van der Waals surface area contributed by atoms with Gasteiger partial charge >= 0.3 is 0 Å². The van der Waals surface area contributed by atoms with Crippen molar-refractivity contribution in [1.82, 2.24) is 0 Å². The van der Waals surface area contributed by atoms with Gasteiger partial charge in [0.1, 0.15) is 5.82 Å². The molecule has 2 N–H and O–H groups in total. The van der Waals surface area contributed by atoms with Crippen LogP contribution in [0.25, 0.3) is 0 Å². The number of terminal acetylenes is 1. The van der Waals surface area contributed by atoms with Crippen LogP contribution in [0.3, 0.4) is 0 Å². The van der Waals surface area contributed by atoms with Crippen LogP contribution in [0, 0.1) is 18.2 Å². The van der Waals surface area contributed by atoms with Gasteiger partial charge in [-0.2, -0.15) is 0 Å². The molecular formula is C11H12FNS. The normalized spacial score (nSPS) is 12.1. The predicted molar refractivity (Wildman–Crippen MR) is 58.5 cm³/mol. The lowest BCUT2D eigenvalue weighted by atomic mass is 10.3. The van der Waals surface area contributed by atoms with Crippen molar-refractivity contribution < 1.29 is 4.39 Å². The van der Waals surface area contributed by atoms with E-state index in [0.29, 0.717) is 6.42 Å². The van der Waals surface area contributed by atoms with Crippen LogP contribution in [0.5, 0.6) is 0 Å². The highest BCUT2D eigenvalue weighted by molar-refractivity contribution is 7.99. The summed E-state index contributed by atoms with van der Waals surface area (Å²) in [6.45, 7) is 0. The Morgan fingerprint density at radius 3 is 2.64 bits per heavy atom. The summed E-state index contributed by atoms with van der Waals surface area (Å²) >= 11 is 1.59. The maximum absolute atomic E-state index is 12.5. The van der Waals surface area contributed by atoms with E-state index < -0.39 is 0 Å². The lowest BCUT2D eigenvalue weighted by Gasteiger charge is -2.06. The molecule has 1 aromatic carbocycles. The van der Waals surface area contributed by atoms with Crippen molar-refractivity contribution in [1.29, 1.82) is 0 Å². The van der Waals surface area contributed by atoms with Crippen LogP contribution in [0.4, 0.5) is 4.39 Å². The second-order valence-corrected chi connectivity index (χ2v) is 4.03. The van der Waals surface area contributed by atoms with Gasteiger partial charge in [-0.25, -0.2) is 4.39 Å². The molecule has 1 unspecified atom stereocenters. The molecule has 0 heterocycles. The fourth-order valence-electron chi connectivity index (χ4n) is 0.944. The molecule has 0 aliphatic rings. The highest BCUT2D eigenvalue weighted by Gasteiger charge is 2.01. The van der Waals surface area contributed by atoms with Crippen LogP contribution < -0.4 is 5.73 Å². The third kappa shape index (κ3) is 3.82. The number of hydrogen-bond acceptors (Lipinski definition) is 2. The molecule has 1 rings (SSSR count). The quantitative estimate of drug-likeness (QED) is 0.608. The summed E-state index contributed by atoms with van der Waals surface area (Å²) in [5.41, 5.74) is 5.72. The molecule has 14 heavy (non-hydrogen) atoms. The molecule has 0 radical (unpaired) electrons. The van der Waals surface area contributed by atoms with Gasteiger partial charge in [0.25, 0.3) is 0 Å². The van der Waals surface area contributed by atoms with E-state index in [1.165, 1.54) is 12.1 Å². The number of nitrogens with two attached hydrogens (primary N) is 1. The minimum atomic E-state index is -0.220. The van der Waals surface area contributed by atoms with Crippen LogP contribution >= 0.6 is 11.8 Å². The second-order valence-electron chi connectivity index (χ2n) is 2.93. The van der Waals surface area contributed by atoms with Crippen LogP contribution in [-0.2, 0) is 0 Å². The molecule has 0 amide bonds. The van der Waals surface area contributed by atoms with Gasteiger partial charge in [-0.1, -0.05) is 0 Å². The average molecular weight is 209 g/mol. The van der Waals surface area contributed by atoms with E-state index >= 15 is 0 Å². The number of halogens is 1. The first-order valence-electron chi connectivity index (χ1n) is 4.30. The molecule has 1 aromatic rings. The molecule has 74 valence electrons. The Kier molecular flexibility index (Phi) is 4.51. The average Bonchev–Trinajstić information content (AvgIpc) is 2.17. The predicted octanol–water partition coefficient (Wildman–Crippen LogP) is 2.27.